The van der Waals surface area contributed by atoms with Crippen molar-refractivity contribution in [3.63, 3.8) is 0 Å². The summed E-state index contributed by atoms with van der Waals surface area (Å²) in [7, 11) is 0. The molecule has 1 saturated heterocycles. The Morgan fingerprint density at radius 1 is 1.20 bits per heavy atom. The van der Waals surface area contributed by atoms with Crippen LogP contribution in [0.15, 0.2) is 67.1 Å². The number of benzene rings is 2. The molecule has 3 aromatic heterocycles. The fourth-order valence-corrected chi connectivity index (χ4v) is 5.55. The molecule has 1 amide bonds. The van der Waals surface area contributed by atoms with Gasteiger partial charge in [0.15, 0.2) is 5.65 Å². The van der Waals surface area contributed by atoms with E-state index in [9.17, 15) is 18.0 Å². The highest BCUT2D eigenvalue weighted by atomic mass is 35.5. The van der Waals surface area contributed by atoms with Crippen LogP contribution in [0.25, 0.3) is 27.5 Å². The van der Waals surface area contributed by atoms with Crippen molar-refractivity contribution < 1.29 is 22.7 Å². The summed E-state index contributed by atoms with van der Waals surface area (Å²) in [6.07, 6.45) is 3.83. The minimum absolute atomic E-state index is 0.138. The molecule has 1 N–H and O–H groups in total. The van der Waals surface area contributed by atoms with Gasteiger partial charge in [0.25, 0.3) is 5.91 Å². The molecule has 0 saturated carbocycles. The summed E-state index contributed by atoms with van der Waals surface area (Å²) in [6.45, 7) is -1.60. The van der Waals surface area contributed by atoms with Gasteiger partial charge in [0.1, 0.15) is 33.2 Å². The van der Waals surface area contributed by atoms with E-state index < -0.39 is 18.7 Å². The first kappa shape index (κ1) is 26.2. The van der Waals surface area contributed by atoms with E-state index in [-0.39, 0.29) is 27.6 Å². The molecule has 5 aromatic rings. The fraction of sp³-hybridized carbons (Fsp3) is 0.185. The number of amides is 1. The number of ether oxygens (including phenoxy) is 1. The molecule has 4 heterocycles. The van der Waals surface area contributed by atoms with Gasteiger partial charge >= 0.3 is 6.61 Å². The molecule has 1 aliphatic heterocycles. The number of nitrogens with one attached hydrogen (secondary N) is 1. The summed E-state index contributed by atoms with van der Waals surface area (Å²) in [6, 6.07) is 13.5. The molecule has 0 bridgehead atoms. The molecular formula is C27H20ClF3N6O2S. The summed E-state index contributed by atoms with van der Waals surface area (Å²) >= 11 is 7.39. The predicted molar refractivity (Wildman–Crippen MR) is 146 cm³/mol. The van der Waals surface area contributed by atoms with Crippen molar-refractivity contribution in [2.45, 2.75) is 19.3 Å². The van der Waals surface area contributed by atoms with Crippen LogP contribution in [-0.2, 0) is 6.54 Å². The molecule has 0 unspecified atom stereocenters. The Bertz CT molecular complexity index is 1690. The fourth-order valence-electron chi connectivity index (χ4n) is 4.40. The molecule has 1 fully saturated rings. The molecular weight excluding hydrogens is 565 g/mol. The Morgan fingerprint density at radius 2 is 2.00 bits per heavy atom. The number of hydrogen-bond acceptors (Lipinski definition) is 7. The molecule has 6 rings (SSSR count). The Kier molecular flexibility index (Phi) is 7.13. The molecule has 0 spiro atoms. The van der Waals surface area contributed by atoms with Gasteiger partial charge in [-0.1, -0.05) is 47.2 Å². The van der Waals surface area contributed by atoms with Crippen LogP contribution in [0.3, 0.4) is 0 Å². The maximum Gasteiger partial charge on any atom is 0.387 e. The molecule has 40 heavy (non-hydrogen) atoms. The smallest absolute Gasteiger partial charge is 0.387 e. The lowest BCUT2D eigenvalue weighted by molar-refractivity contribution is -0.0494. The molecule has 8 nitrogen and oxygen atoms in total. The maximum atomic E-state index is 13.3. The first-order valence-corrected chi connectivity index (χ1v) is 13.3. The largest absolute Gasteiger partial charge is 0.434 e. The van der Waals surface area contributed by atoms with Crippen molar-refractivity contribution in [2.24, 2.45) is 0 Å². The van der Waals surface area contributed by atoms with E-state index in [2.05, 4.69) is 15.4 Å². The van der Waals surface area contributed by atoms with Crippen molar-refractivity contribution in [3.8, 4) is 27.6 Å². The average molecular weight is 585 g/mol. The minimum Gasteiger partial charge on any atom is -0.434 e. The van der Waals surface area contributed by atoms with Crippen LogP contribution in [0.4, 0.5) is 18.2 Å². The van der Waals surface area contributed by atoms with Gasteiger partial charge in [0, 0.05) is 48.2 Å². The number of likely N-dealkylation sites (tertiary alicyclic amines) is 1. The number of anilines is 1. The van der Waals surface area contributed by atoms with Crippen molar-refractivity contribution in [1.29, 1.82) is 0 Å². The van der Waals surface area contributed by atoms with E-state index in [1.807, 2.05) is 29.2 Å². The first-order chi connectivity index (χ1) is 19.3. The molecule has 0 atom stereocenters. The normalized spacial score (nSPS) is 14.0. The zero-order valence-corrected chi connectivity index (χ0v) is 22.2. The number of carbonyl (C=O) groups excluding carboxylic acids is 1. The molecule has 2 aromatic carbocycles. The number of fused-ring (bicyclic) bond motifs is 1. The number of rotatable bonds is 8. The van der Waals surface area contributed by atoms with Gasteiger partial charge in [-0.3, -0.25) is 9.69 Å². The zero-order chi connectivity index (χ0) is 27.8. The Labute approximate surface area is 235 Å². The summed E-state index contributed by atoms with van der Waals surface area (Å²) in [5.74, 6) is -0.639. The van der Waals surface area contributed by atoms with Crippen LogP contribution in [0, 0.1) is 0 Å². The van der Waals surface area contributed by atoms with Crippen molar-refractivity contribution in [2.75, 3.05) is 18.4 Å². The Balaban J connectivity index is 1.37. The molecule has 204 valence electrons. The number of carbonyl (C=O) groups is 1. The van der Waals surface area contributed by atoms with E-state index in [1.165, 1.54) is 40.2 Å². The van der Waals surface area contributed by atoms with Gasteiger partial charge in [-0.15, -0.1) is 0 Å². The molecule has 0 radical (unpaired) electrons. The highest BCUT2D eigenvalue weighted by Crippen LogP contribution is 2.43. The summed E-state index contributed by atoms with van der Waals surface area (Å²) < 4.78 is 45.8. The number of hydrogen-bond donors (Lipinski definition) is 1. The number of halogens is 4. The van der Waals surface area contributed by atoms with Crippen LogP contribution in [-0.4, -0.2) is 56.3 Å². The quantitative estimate of drug-likeness (QED) is 0.234. The SMILES string of the molecule is O=C(Nc1sc(-c2ccc(CN3CC(F)C3)cc2)nc1-c1cc(Cl)ccc1OC(F)F)c1cnn2cccnc12. The van der Waals surface area contributed by atoms with Gasteiger partial charge in [0.2, 0.25) is 0 Å². The topological polar surface area (TPSA) is 84.7 Å². The summed E-state index contributed by atoms with van der Waals surface area (Å²) in [5.41, 5.74) is 2.76. The maximum absolute atomic E-state index is 13.3. The Hall–Kier alpha value is -4.00. The van der Waals surface area contributed by atoms with Crippen LogP contribution in [0.2, 0.25) is 5.02 Å². The second-order valence-electron chi connectivity index (χ2n) is 9.10. The molecule has 13 heteroatoms. The van der Waals surface area contributed by atoms with Gasteiger partial charge in [-0.25, -0.2) is 18.9 Å². The van der Waals surface area contributed by atoms with Gasteiger partial charge in [0.05, 0.1) is 6.20 Å². The van der Waals surface area contributed by atoms with E-state index >= 15 is 0 Å². The monoisotopic (exact) mass is 584 g/mol. The highest BCUT2D eigenvalue weighted by molar-refractivity contribution is 7.19. The number of thiazole rings is 1. The van der Waals surface area contributed by atoms with Crippen molar-refractivity contribution >= 4 is 39.5 Å². The Morgan fingerprint density at radius 3 is 2.75 bits per heavy atom. The van der Waals surface area contributed by atoms with Gasteiger partial charge in [-0.05, 0) is 29.8 Å². The lowest BCUT2D eigenvalue weighted by Gasteiger charge is -2.34. The third-order valence-electron chi connectivity index (χ3n) is 6.31. The van der Waals surface area contributed by atoms with E-state index in [0.717, 1.165) is 11.1 Å². The lowest BCUT2D eigenvalue weighted by Crippen LogP contribution is -2.47. The van der Waals surface area contributed by atoms with Crippen LogP contribution in [0.1, 0.15) is 15.9 Å². The van der Waals surface area contributed by atoms with Crippen molar-refractivity contribution in [3.05, 3.63) is 83.3 Å². The standard InChI is InChI=1S/C27H20ClF3N6O2S/c28-17-6-7-21(39-27(30)31)19(10-17)22-26(35-24(38)20-11-33-37-9-1-8-32-23(20)37)40-25(34-22)16-4-2-15(3-5-16)12-36-13-18(29)14-36/h1-11,18,27H,12-14H2,(H,35,38). The minimum atomic E-state index is -3.08. The third-order valence-corrected chi connectivity index (χ3v) is 7.57. The predicted octanol–water partition coefficient (Wildman–Crippen LogP) is 6.18. The van der Waals surface area contributed by atoms with E-state index in [0.29, 0.717) is 35.3 Å². The molecule has 0 aliphatic carbocycles. The second-order valence-corrected chi connectivity index (χ2v) is 10.5. The van der Waals surface area contributed by atoms with E-state index in [1.54, 1.807) is 18.5 Å². The third kappa shape index (κ3) is 5.37. The van der Waals surface area contributed by atoms with Gasteiger partial charge in [-0.2, -0.15) is 13.9 Å². The second kappa shape index (κ2) is 10.9. The first-order valence-electron chi connectivity index (χ1n) is 12.1. The van der Waals surface area contributed by atoms with Crippen molar-refractivity contribution in [1.82, 2.24) is 24.5 Å². The lowest BCUT2D eigenvalue weighted by atomic mass is 10.1. The molecule has 1 aliphatic rings. The number of nitrogens with zero attached hydrogens (tertiary/aromatic N) is 5. The number of alkyl halides is 3. The van der Waals surface area contributed by atoms with Crippen LogP contribution in [0.5, 0.6) is 5.75 Å². The van der Waals surface area contributed by atoms with Crippen LogP contribution < -0.4 is 10.1 Å². The highest BCUT2D eigenvalue weighted by Gasteiger charge is 2.26. The zero-order valence-electron chi connectivity index (χ0n) is 20.6. The van der Waals surface area contributed by atoms with Gasteiger partial charge < -0.3 is 10.1 Å². The summed E-state index contributed by atoms with van der Waals surface area (Å²) in [5, 5.41) is 8.11. The summed E-state index contributed by atoms with van der Waals surface area (Å²) in [4.78, 5) is 24.3. The number of aromatic nitrogens is 4. The average Bonchev–Trinajstić information content (AvgIpc) is 3.54. The van der Waals surface area contributed by atoms with Crippen LogP contribution >= 0.6 is 22.9 Å². The van der Waals surface area contributed by atoms with E-state index in [4.69, 9.17) is 21.3 Å².